The number of esters is 2. The molecule has 2 atom stereocenters. The Balaban J connectivity index is 4.29. The third-order valence-corrected chi connectivity index (χ3v) is 10.5. The molecule has 336 valence electrons. The number of unbranched alkanes of at least 4 members (excludes halogenated alkanes) is 20. The maximum absolute atomic E-state index is 12.7. The van der Waals surface area contributed by atoms with Crippen molar-refractivity contribution in [2.75, 3.05) is 41.0 Å². The highest BCUT2D eigenvalue weighted by Gasteiger charge is 2.25. The molecule has 0 saturated carbocycles. The highest BCUT2D eigenvalue weighted by molar-refractivity contribution is 5.70. The van der Waals surface area contributed by atoms with Gasteiger partial charge < -0.3 is 28.6 Å². The summed E-state index contributed by atoms with van der Waals surface area (Å²) >= 11 is 0. The van der Waals surface area contributed by atoms with Crippen molar-refractivity contribution in [2.24, 2.45) is 0 Å². The number of nitrogens with zero attached hydrogens (tertiary/aromatic N) is 1. The summed E-state index contributed by atoms with van der Waals surface area (Å²) in [7, 11) is 5.41. The van der Waals surface area contributed by atoms with Crippen LogP contribution < -0.4 is 5.11 Å². The number of hydrogen-bond donors (Lipinski definition) is 0. The molecule has 0 aromatic heterocycles. The quantitative estimate of drug-likeness (QED) is 0.0262. The first-order chi connectivity index (χ1) is 28.1. The first-order valence-electron chi connectivity index (χ1n) is 23.7. The predicted molar refractivity (Wildman–Crippen MR) is 240 cm³/mol. The summed E-state index contributed by atoms with van der Waals surface area (Å²) in [6.07, 6.45) is 48.4. The minimum absolute atomic E-state index is 0.0386. The van der Waals surface area contributed by atoms with E-state index in [9.17, 15) is 19.5 Å². The lowest BCUT2D eigenvalue weighted by Gasteiger charge is -2.34. The van der Waals surface area contributed by atoms with Crippen LogP contribution in [0.25, 0.3) is 0 Å². The van der Waals surface area contributed by atoms with E-state index in [1.165, 1.54) is 96.3 Å². The maximum atomic E-state index is 12.7. The third-order valence-electron chi connectivity index (χ3n) is 10.5. The summed E-state index contributed by atoms with van der Waals surface area (Å²) in [5.74, 6) is -1.74. The van der Waals surface area contributed by atoms with Gasteiger partial charge in [-0.15, -0.1) is 0 Å². The molecule has 8 nitrogen and oxygen atoms in total. The second-order valence-electron chi connectivity index (χ2n) is 17.0. The average molecular weight is 816 g/mol. The van der Waals surface area contributed by atoms with Crippen molar-refractivity contribution in [2.45, 2.75) is 212 Å². The van der Waals surface area contributed by atoms with E-state index in [1.54, 1.807) is 21.1 Å². The molecular formula is C50H89NO7. The summed E-state index contributed by atoms with van der Waals surface area (Å²) in [5.41, 5.74) is 0. The van der Waals surface area contributed by atoms with Gasteiger partial charge in [0.2, 0.25) is 0 Å². The van der Waals surface area contributed by atoms with Crippen LogP contribution in [0.1, 0.15) is 200 Å². The zero-order valence-electron chi connectivity index (χ0n) is 38.2. The molecule has 0 bridgehead atoms. The first kappa shape index (κ1) is 55.3. The van der Waals surface area contributed by atoms with E-state index in [0.29, 0.717) is 12.8 Å². The van der Waals surface area contributed by atoms with Crippen LogP contribution in [-0.4, -0.2) is 75.5 Å². The zero-order valence-corrected chi connectivity index (χ0v) is 38.2. The fourth-order valence-corrected chi connectivity index (χ4v) is 6.83. The number of carbonyl (C=O) groups excluding carboxylic acids is 3. The van der Waals surface area contributed by atoms with Crippen LogP contribution in [0.5, 0.6) is 0 Å². The van der Waals surface area contributed by atoms with Crippen LogP contribution in [0.3, 0.4) is 0 Å². The van der Waals surface area contributed by atoms with Crippen LogP contribution in [-0.2, 0) is 28.6 Å². The molecule has 8 heteroatoms. The summed E-state index contributed by atoms with van der Waals surface area (Å²) in [6.45, 7) is 4.55. The topological polar surface area (TPSA) is 102 Å². The van der Waals surface area contributed by atoms with E-state index in [2.05, 4.69) is 62.5 Å². The molecule has 0 spiro atoms. The van der Waals surface area contributed by atoms with Gasteiger partial charge in [-0.05, 0) is 51.4 Å². The van der Waals surface area contributed by atoms with Crippen LogP contribution in [0.4, 0.5) is 0 Å². The Bertz CT molecular complexity index is 1090. The Morgan fingerprint density at radius 1 is 0.534 bits per heavy atom. The van der Waals surface area contributed by atoms with Crippen molar-refractivity contribution >= 4 is 17.9 Å². The van der Waals surface area contributed by atoms with Gasteiger partial charge in [0, 0.05) is 19.3 Å². The second-order valence-corrected chi connectivity index (χ2v) is 17.0. The molecule has 0 heterocycles. The normalized spacial score (nSPS) is 13.3. The lowest BCUT2D eigenvalue weighted by atomic mass is 10.0. The lowest BCUT2D eigenvalue weighted by Crippen LogP contribution is -2.55. The molecule has 2 unspecified atom stereocenters. The van der Waals surface area contributed by atoms with Crippen LogP contribution >= 0.6 is 0 Å². The SMILES string of the molecule is CC/C=C\C/C=C\C/C=C\C/C=C\CCCCCCCCCCC(=O)OC(COCCC(C(=O)[O-])[N+](C)(C)C)COC(=O)CCCCCCCCCCCCCCC. The summed E-state index contributed by atoms with van der Waals surface area (Å²) in [4.78, 5) is 36.9. The van der Waals surface area contributed by atoms with Gasteiger partial charge in [-0.25, -0.2) is 0 Å². The third kappa shape index (κ3) is 38.8. The monoisotopic (exact) mass is 816 g/mol. The number of aliphatic carboxylic acids is 1. The molecule has 0 saturated heterocycles. The van der Waals surface area contributed by atoms with Gasteiger partial charge in [-0.2, -0.15) is 0 Å². The number of hydrogen-bond acceptors (Lipinski definition) is 7. The molecule has 58 heavy (non-hydrogen) atoms. The predicted octanol–water partition coefficient (Wildman–Crippen LogP) is 11.9. The van der Waals surface area contributed by atoms with Crippen molar-refractivity contribution in [1.82, 2.24) is 0 Å². The minimum Gasteiger partial charge on any atom is -0.544 e. The maximum Gasteiger partial charge on any atom is 0.306 e. The fourth-order valence-electron chi connectivity index (χ4n) is 6.83. The van der Waals surface area contributed by atoms with Crippen LogP contribution in [0.2, 0.25) is 0 Å². The van der Waals surface area contributed by atoms with Crippen molar-refractivity contribution in [1.29, 1.82) is 0 Å². The van der Waals surface area contributed by atoms with Crippen molar-refractivity contribution in [3.05, 3.63) is 48.6 Å². The number of carboxylic acids is 1. The summed E-state index contributed by atoms with van der Waals surface area (Å²) in [5, 5.41) is 11.6. The van der Waals surface area contributed by atoms with E-state index in [-0.39, 0.29) is 42.7 Å². The van der Waals surface area contributed by atoms with Gasteiger partial charge in [0.25, 0.3) is 0 Å². The van der Waals surface area contributed by atoms with E-state index in [0.717, 1.165) is 70.6 Å². The Kier molecular flexibility index (Phi) is 39.1. The molecule has 0 aliphatic rings. The lowest BCUT2D eigenvalue weighted by molar-refractivity contribution is -0.889. The van der Waals surface area contributed by atoms with E-state index in [1.807, 2.05) is 0 Å². The van der Waals surface area contributed by atoms with Gasteiger partial charge in [0.1, 0.15) is 12.6 Å². The number of allylic oxidation sites excluding steroid dienone is 8. The summed E-state index contributed by atoms with van der Waals surface area (Å²) in [6, 6.07) is -0.727. The fraction of sp³-hybridized carbons (Fsp3) is 0.780. The van der Waals surface area contributed by atoms with Crippen molar-refractivity contribution < 1.29 is 38.2 Å². The minimum atomic E-state index is -1.13. The molecule has 0 aliphatic heterocycles. The number of ether oxygens (including phenoxy) is 3. The zero-order chi connectivity index (χ0) is 42.8. The van der Waals surface area contributed by atoms with E-state index >= 15 is 0 Å². The second kappa shape index (κ2) is 41.0. The Labute approximate surface area is 356 Å². The number of likely N-dealkylation sites (N-methyl/N-ethyl adjacent to an activating group) is 1. The number of quaternary nitrogens is 1. The van der Waals surface area contributed by atoms with Crippen molar-refractivity contribution in [3.63, 3.8) is 0 Å². The van der Waals surface area contributed by atoms with Crippen molar-refractivity contribution in [3.8, 4) is 0 Å². The Morgan fingerprint density at radius 2 is 0.966 bits per heavy atom. The molecule has 0 rings (SSSR count). The largest absolute Gasteiger partial charge is 0.544 e. The number of carboxylic acid groups (broad SMARTS) is 1. The van der Waals surface area contributed by atoms with E-state index in [4.69, 9.17) is 14.2 Å². The van der Waals surface area contributed by atoms with Crippen LogP contribution in [0, 0.1) is 0 Å². The summed E-state index contributed by atoms with van der Waals surface area (Å²) < 4.78 is 17.2. The number of carbonyl (C=O) groups is 3. The Morgan fingerprint density at radius 3 is 1.43 bits per heavy atom. The van der Waals surface area contributed by atoms with Gasteiger partial charge in [-0.1, -0.05) is 178 Å². The molecule has 0 radical (unpaired) electrons. The highest BCUT2D eigenvalue weighted by Crippen LogP contribution is 2.15. The van der Waals surface area contributed by atoms with Gasteiger partial charge >= 0.3 is 11.9 Å². The molecular weight excluding hydrogens is 727 g/mol. The average Bonchev–Trinajstić information content (AvgIpc) is 3.18. The first-order valence-corrected chi connectivity index (χ1v) is 23.7. The Hall–Kier alpha value is -2.71. The molecule has 0 aromatic rings. The molecule has 0 aromatic carbocycles. The number of rotatable bonds is 42. The molecule has 0 amide bonds. The standard InChI is InChI=1S/C50H89NO7/c1-6-8-10-12-14-16-18-20-21-22-23-24-25-26-27-29-31-33-35-37-39-41-49(53)58-46(44-56-43-42-47(50(54)55)51(3,4)5)45-57-48(52)40-38-36-34-32-30-28-19-17-15-13-11-9-7-2/h8,10,14,16,20-21,23-24,46-47H,6-7,9,11-13,15,17-19,22,25-45H2,1-5H3/b10-8-,16-14-,21-20-,24-23-. The molecule has 0 fully saturated rings. The van der Waals surface area contributed by atoms with Gasteiger partial charge in [0.15, 0.2) is 6.10 Å². The highest BCUT2D eigenvalue weighted by atomic mass is 16.6. The van der Waals surface area contributed by atoms with Gasteiger partial charge in [-0.3, -0.25) is 9.59 Å². The van der Waals surface area contributed by atoms with Gasteiger partial charge in [0.05, 0.1) is 40.3 Å². The van der Waals surface area contributed by atoms with E-state index < -0.39 is 18.1 Å². The van der Waals surface area contributed by atoms with Crippen LogP contribution in [0.15, 0.2) is 48.6 Å². The molecule has 0 N–H and O–H groups in total. The smallest absolute Gasteiger partial charge is 0.306 e. The molecule has 0 aliphatic carbocycles.